The van der Waals surface area contributed by atoms with Crippen molar-refractivity contribution in [3.8, 4) is 0 Å². The highest BCUT2D eigenvalue weighted by molar-refractivity contribution is 6.33. The van der Waals surface area contributed by atoms with Crippen molar-refractivity contribution in [2.75, 3.05) is 6.61 Å². The number of carbonyl (C=O) groups is 3. The number of carbonyl (C=O) groups excluding carboxylic acids is 3. The van der Waals surface area contributed by atoms with Crippen LogP contribution in [-0.2, 0) is 33.8 Å². The van der Waals surface area contributed by atoms with Gasteiger partial charge in [-0.05, 0) is 28.8 Å². The third kappa shape index (κ3) is 5.41. The summed E-state index contributed by atoms with van der Waals surface area (Å²) < 4.78 is 5.32. The molecule has 2 amide bonds. The van der Waals surface area contributed by atoms with Crippen molar-refractivity contribution in [3.63, 3.8) is 0 Å². The maximum absolute atomic E-state index is 13.3. The van der Waals surface area contributed by atoms with E-state index in [0.29, 0.717) is 23.6 Å². The summed E-state index contributed by atoms with van der Waals surface area (Å²) in [4.78, 5) is 39.9. The summed E-state index contributed by atoms with van der Waals surface area (Å²) in [6, 6.07) is 23.0. The number of hydrogen-bond acceptors (Lipinski definition) is 4. The topological polar surface area (TPSA) is 75.7 Å². The van der Waals surface area contributed by atoms with E-state index < -0.39 is 24.5 Å². The predicted molar refractivity (Wildman–Crippen MR) is 125 cm³/mol. The molecule has 168 valence electrons. The lowest BCUT2D eigenvalue weighted by molar-refractivity contribution is -0.153. The van der Waals surface area contributed by atoms with E-state index in [0.717, 1.165) is 16.7 Å². The van der Waals surface area contributed by atoms with Gasteiger partial charge >= 0.3 is 5.97 Å². The van der Waals surface area contributed by atoms with E-state index >= 15 is 0 Å². The van der Waals surface area contributed by atoms with Crippen LogP contribution in [0.5, 0.6) is 0 Å². The molecule has 1 N–H and O–H groups in total. The Morgan fingerprint density at radius 1 is 0.909 bits per heavy atom. The minimum atomic E-state index is -0.856. The van der Waals surface area contributed by atoms with E-state index in [2.05, 4.69) is 5.32 Å². The molecule has 0 fully saturated rings. The molecule has 0 radical (unpaired) electrons. The quantitative estimate of drug-likeness (QED) is 0.566. The van der Waals surface area contributed by atoms with Gasteiger partial charge < -0.3 is 15.0 Å². The van der Waals surface area contributed by atoms with E-state index in [1.165, 1.54) is 4.90 Å². The second-order valence-corrected chi connectivity index (χ2v) is 8.18. The number of benzene rings is 3. The molecule has 7 heteroatoms. The first-order valence-corrected chi connectivity index (χ1v) is 11.0. The molecule has 0 saturated carbocycles. The molecule has 0 unspecified atom stereocenters. The van der Waals surface area contributed by atoms with Gasteiger partial charge in [0.05, 0.1) is 10.6 Å². The van der Waals surface area contributed by atoms with Crippen LogP contribution in [0, 0.1) is 0 Å². The Hall–Kier alpha value is -3.64. The fourth-order valence-corrected chi connectivity index (χ4v) is 4.03. The molecule has 0 bridgehead atoms. The van der Waals surface area contributed by atoms with Crippen LogP contribution in [-0.4, -0.2) is 35.3 Å². The first-order chi connectivity index (χ1) is 16.0. The van der Waals surface area contributed by atoms with Crippen molar-refractivity contribution in [1.29, 1.82) is 0 Å². The van der Waals surface area contributed by atoms with Gasteiger partial charge in [0.25, 0.3) is 11.8 Å². The van der Waals surface area contributed by atoms with Gasteiger partial charge in [0.1, 0.15) is 6.04 Å². The van der Waals surface area contributed by atoms with Crippen molar-refractivity contribution in [2.24, 2.45) is 0 Å². The van der Waals surface area contributed by atoms with Crippen LogP contribution in [0.25, 0.3) is 0 Å². The lowest BCUT2D eigenvalue weighted by Crippen LogP contribution is -2.49. The van der Waals surface area contributed by atoms with Gasteiger partial charge in [0.15, 0.2) is 6.61 Å². The number of hydrogen-bond donors (Lipinski definition) is 1. The molecule has 3 aromatic carbocycles. The first-order valence-electron chi connectivity index (χ1n) is 10.6. The predicted octanol–water partition coefficient (Wildman–Crippen LogP) is 3.77. The Bertz CT molecular complexity index is 1170. The third-order valence-corrected chi connectivity index (χ3v) is 5.89. The van der Waals surface area contributed by atoms with Crippen LogP contribution in [0.15, 0.2) is 78.9 Å². The minimum absolute atomic E-state index is 0.250. The highest BCUT2D eigenvalue weighted by Gasteiger charge is 2.36. The summed E-state index contributed by atoms with van der Waals surface area (Å²) in [5.41, 5.74) is 3.19. The Morgan fingerprint density at radius 2 is 1.58 bits per heavy atom. The fourth-order valence-electron chi connectivity index (χ4n) is 3.82. The number of nitrogens with one attached hydrogen (secondary N) is 1. The summed E-state index contributed by atoms with van der Waals surface area (Å²) in [6.45, 7) is 0.170. The van der Waals surface area contributed by atoms with Gasteiger partial charge in [-0.2, -0.15) is 0 Å². The molecule has 6 nitrogen and oxygen atoms in total. The van der Waals surface area contributed by atoms with Gasteiger partial charge in [-0.25, -0.2) is 4.79 Å². The van der Waals surface area contributed by atoms with Crippen molar-refractivity contribution >= 4 is 29.4 Å². The molecule has 4 rings (SSSR count). The molecule has 33 heavy (non-hydrogen) atoms. The van der Waals surface area contributed by atoms with Gasteiger partial charge in [-0.15, -0.1) is 0 Å². The van der Waals surface area contributed by atoms with Crippen LogP contribution in [0.2, 0.25) is 5.02 Å². The largest absolute Gasteiger partial charge is 0.454 e. The lowest BCUT2D eigenvalue weighted by atomic mass is 9.93. The molecule has 0 saturated heterocycles. The van der Waals surface area contributed by atoms with Gasteiger partial charge in [0.2, 0.25) is 0 Å². The van der Waals surface area contributed by atoms with Crippen molar-refractivity contribution in [1.82, 2.24) is 10.2 Å². The Kier molecular flexibility index (Phi) is 7.05. The Morgan fingerprint density at radius 3 is 2.33 bits per heavy atom. The van der Waals surface area contributed by atoms with Gasteiger partial charge in [-0.1, -0.05) is 78.3 Å². The lowest BCUT2D eigenvalue weighted by Gasteiger charge is -2.35. The number of esters is 1. The minimum Gasteiger partial charge on any atom is -0.454 e. The maximum Gasteiger partial charge on any atom is 0.329 e. The zero-order valence-electron chi connectivity index (χ0n) is 17.9. The van der Waals surface area contributed by atoms with Crippen molar-refractivity contribution in [3.05, 3.63) is 106 Å². The summed E-state index contributed by atoms with van der Waals surface area (Å²) in [7, 11) is 0. The highest BCUT2D eigenvalue weighted by atomic mass is 35.5. The fraction of sp³-hybridized carbons (Fsp3) is 0.192. The second-order valence-electron chi connectivity index (χ2n) is 7.77. The van der Waals surface area contributed by atoms with Crippen molar-refractivity contribution in [2.45, 2.75) is 25.6 Å². The molecular weight excluding hydrogens is 440 g/mol. The van der Waals surface area contributed by atoms with Gasteiger partial charge in [0, 0.05) is 19.5 Å². The summed E-state index contributed by atoms with van der Waals surface area (Å²) >= 11 is 6.24. The van der Waals surface area contributed by atoms with Crippen LogP contribution < -0.4 is 5.32 Å². The summed E-state index contributed by atoms with van der Waals surface area (Å²) in [5, 5.41) is 3.04. The molecule has 1 heterocycles. The Labute approximate surface area is 197 Å². The van der Waals surface area contributed by atoms with Crippen LogP contribution in [0.1, 0.15) is 27.0 Å². The van der Waals surface area contributed by atoms with Crippen molar-refractivity contribution < 1.29 is 19.1 Å². The third-order valence-electron chi connectivity index (χ3n) is 5.56. The average molecular weight is 463 g/mol. The van der Waals surface area contributed by atoms with E-state index in [1.54, 1.807) is 24.3 Å². The second kappa shape index (κ2) is 10.3. The summed E-state index contributed by atoms with van der Waals surface area (Å²) in [6.07, 6.45) is 0.302. The number of nitrogens with zero attached hydrogens (tertiary/aromatic N) is 1. The standard InChI is InChI=1S/C26H23ClN2O4/c27-22-13-7-6-12-21(22)25(31)29-16-20-11-5-4-10-19(20)14-23(29)26(32)33-17-24(30)28-15-18-8-2-1-3-9-18/h1-13,23H,14-17H2,(H,28,30)/t23-/m0/s1. The van der Waals surface area contributed by atoms with Crippen LogP contribution in [0.4, 0.5) is 0 Å². The maximum atomic E-state index is 13.3. The molecule has 3 aromatic rings. The zero-order chi connectivity index (χ0) is 23.2. The number of fused-ring (bicyclic) bond motifs is 1. The molecule has 0 aliphatic carbocycles. The zero-order valence-corrected chi connectivity index (χ0v) is 18.6. The monoisotopic (exact) mass is 462 g/mol. The Balaban J connectivity index is 1.46. The van der Waals surface area contributed by atoms with E-state index in [1.807, 2.05) is 54.6 Å². The van der Waals surface area contributed by atoms with E-state index in [4.69, 9.17) is 16.3 Å². The van der Waals surface area contributed by atoms with E-state index in [-0.39, 0.29) is 12.5 Å². The molecular formula is C26H23ClN2O4. The number of halogens is 1. The number of ether oxygens (including phenoxy) is 1. The molecule has 1 aliphatic heterocycles. The van der Waals surface area contributed by atoms with Crippen LogP contribution >= 0.6 is 11.6 Å². The molecule has 1 aliphatic rings. The summed E-state index contributed by atoms with van der Waals surface area (Å²) in [5.74, 6) is -1.39. The molecule has 0 aromatic heterocycles. The molecule has 0 spiro atoms. The highest BCUT2D eigenvalue weighted by Crippen LogP contribution is 2.27. The van der Waals surface area contributed by atoms with E-state index in [9.17, 15) is 14.4 Å². The first kappa shape index (κ1) is 22.6. The van der Waals surface area contributed by atoms with Crippen LogP contribution in [0.3, 0.4) is 0 Å². The van der Waals surface area contributed by atoms with Gasteiger partial charge in [-0.3, -0.25) is 9.59 Å². The smallest absolute Gasteiger partial charge is 0.329 e. The number of amides is 2. The average Bonchev–Trinajstić information content (AvgIpc) is 2.85. The SMILES string of the molecule is O=C(COC(=O)[C@@H]1Cc2ccccc2CN1C(=O)c1ccccc1Cl)NCc1ccccc1. The number of rotatable bonds is 6. The molecule has 1 atom stereocenters. The normalized spacial score (nSPS) is 14.8.